The van der Waals surface area contributed by atoms with Crippen LogP contribution in [0.2, 0.25) is 0 Å². The van der Waals surface area contributed by atoms with E-state index in [2.05, 4.69) is 23.4 Å². The first kappa shape index (κ1) is 16.2. The van der Waals surface area contributed by atoms with Crippen LogP contribution in [0.4, 0.5) is 0 Å². The van der Waals surface area contributed by atoms with Gasteiger partial charge < -0.3 is 9.42 Å². The molecule has 0 aliphatic carbocycles. The van der Waals surface area contributed by atoms with E-state index in [1.165, 1.54) is 10.4 Å². The lowest BCUT2D eigenvalue weighted by Gasteiger charge is -2.12. The third-order valence-corrected chi connectivity index (χ3v) is 4.63. The fourth-order valence-electron chi connectivity index (χ4n) is 2.29. The van der Waals surface area contributed by atoms with Crippen LogP contribution < -0.4 is 0 Å². The van der Waals surface area contributed by atoms with E-state index in [1.807, 2.05) is 43.3 Å². The van der Waals surface area contributed by atoms with Gasteiger partial charge in [-0.2, -0.15) is 0 Å². The van der Waals surface area contributed by atoms with Gasteiger partial charge in [-0.15, -0.1) is 11.3 Å². The van der Waals surface area contributed by atoms with Gasteiger partial charge in [0.1, 0.15) is 11.5 Å². The quantitative estimate of drug-likeness (QED) is 0.649. The lowest BCUT2D eigenvalue weighted by molar-refractivity contribution is -0.125. The summed E-state index contributed by atoms with van der Waals surface area (Å²) in [5.41, 5.74) is 1.94. The van der Waals surface area contributed by atoms with Crippen molar-refractivity contribution in [3.05, 3.63) is 70.9 Å². The highest BCUT2D eigenvalue weighted by molar-refractivity contribution is 7.16. The van der Waals surface area contributed by atoms with Gasteiger partial charge in [-0.1, -0.05) is 35.5 Å². The second-order valence-electron chi connectivity index (χ2n) is 5.52. The van der Waals surface area contributed by atoms with Crippen LogP contribution in [0.15, 0.2) is 59.1 Å². The topological polar surface area (TPSA) is 46.3 Å². The summed E-state index contributed by atoms with van der Waals surface area (Å²) in [6.07, 6.45) is 3.44. The number of thiophene rings is 1. The Morgan fingerprint density at radius 3 is 2.75 bits per heavy atom. The van der Waals surface area contributed by atoms with E-state index < -0.39 is 0 Å². The zero-order valence-electron chi connectivity index (χ0n) is 13.6. The van der Waals surface area contributed by atoms with Gasteiger partial charge >= 0.3 is 0 Å². The van der Waals surface area contributed by atoms with E-state index in [4.69, 9.17) is 4.52 Å². The van der Waals surface area contributed by atoms with E-state index in [9.17, 15) is 4.79 Å². The molecule has 0 bridgehead atoms. The Balaban J connectivity index is 1.63. The van der Waals surface area contributed by atoms with Gasteiger partial charge in [-0.3, -0.25) is 4.79 Å². The van der Waals surface area contributed by atoms with Crippen LogP contribution in [0.25, 0.3) is 16.5 Å². The van der Waals surface area contributed by atoms with Crippen molar-refractivity contribution in [2.75, 3.05) is 7.05 Å². The molecule has 3 rings (SSSR count). The highest BCUT2D eigenvalue weighted by Crippen LogP contribution is 2.28. The molecule has 1 aromatic carbocycles. The smallest absolute Gasteiger partial charge is 0.246 e. The predicted octanol–water partition coefficient (Wildman–Crippen LogP) is 4.38. The minimum atomic E-state index is -0.0645. The van der Waals surface area contributed by atoms with Gasteiger partial charge in [0.2, 0.25) is 5.91 Å². The average molecular weight is 338 g/mol. The van der Waals surface area contributed by atoms with Crippen molar-refractivity contribution in [2.45, 2.75) is 13.5 Å². The molecule has 0 saturated heterocycles. The Kier molecular flexibility index (Phi) is 4.91. The van der Waals surface area contributed by atoms with Crippen LogP contribution in [0, 0.1) is 6.92 Å². The number of aryl methyl sites for hydroxylation is 1. The lowest BCUT2D eigenvalue weighted by Crippen LogP contribution is -2.24. The Morgan fingerprint density at radius 2 is 2.04 bits per heavy atom. The van der Waals surface area contributed by atoms with E-state index in [0.29, 0.717) is 6.54 Å². The molecule has 24 heavy (non-hydrogen) atoms. The summed E-state index contributed by atoms with van der Waals surface area (Å²) in [6.45, 7) is 2.26. The van der Waals surface area contributed by atoms with Crippen molar-refractivity contribution < 1.29 is 9.32 Å². The molecule has 0 unspecified atom stereocenters. The maximum Gasteiger partial charge on any atom is 0.246 e. The SMILES string of the molecule is Cc1cc(CN(C)C(=O)/C=C/c2ccc(-c3ccccc3)s2)no1. The highest BCUT2D eigenvalue weighted by Gasteiger charge is 2.09. The zero-order valence-corrected chi connectivity index (χ0v) is 14.4. The molecule has 0 N–H and O–H groups in total. The van der Waals surface area contributed by atoms with Crippen LogP contribution >= 0.6 is 11.3 Å². The van der Waals surface area contributed by atoms with Gasteiger partial charge in [0.25, 0.3) is 0 Å². The molecule has 0 aliphatic heterocycles. The number of aromatic nitrogens is 1. The van der Waals surface area contributed by atoms with Gasteiger partial charge in [-0.05, 0) is 30.7 Å². The molecule has 0 spiro atoms. The second-order valence-corrected chi connectivity index (χ2v) is 6.64. The summed E-state index contributed by atoms with van der Waals surface area (Å²) >= 11 is 1.66. The Hall–Kier alpha value is -2.66. The molecular weight excluding hydrogens is 320 g/mol. The minimum Gasteiger partial charge on any atom is -0.361 e. The molecular formula is C19H18N2O2S. The van der Waals surface area contributed by atoms with Crippen LogP contribution in [0.5, 0.6) is 0 Å². The maximum atomic E-state index is 12.2. The van der Waals surface area contributed by atoms with E-state index in [0.717, 1.165) is 16.3 Å². The molecule has 0 radical (unpaired) electrons. The number of rotatable bonds is 5. The molecule has 122 valence electrons. The molecule has 3 aromatic rings. The average Bonchev–Trinajstić information content (AvgIpc) is 3.22. The van der Waals surface area contributed by atoms with E-state index in [-0.39, 0.29) is 5.91 Å². The first-order valence-corrected chi connectivity index (χ1v) is 8.44. The maximum absolute atomic E-state index is 12.2. The van der Waals surface area contributed by atoms with Crippen molar-refractivity contribution >= 4 is 23.3 Å². The molecule has 2 heterocycles. The molecule has 0 atom stereocenters. The first-order chi connectivity index (χ1) is 11.6. The van der Waals surface area contributed by atoms with Crippen molar-refractivity contribution in [2.24, 2.45) is 0 Å². The molecule has 1 amide bonds. The summed E-state index contributed by atoms with van der Waals surface area (Å²) < 4.78 is 5.01. The predicted molar refractivity (Wildman–Crippen MR) is 96.5 cm³/mol. The van der Waals surface area contributed by atoms with Crippen LogP contribution in [-0.4, -0.2) is 23.0 Å². The number of carbonyl (C=O) groups excluding carboxylic acids is 1. The summed E-state index contributed by atoms with van der Waals surface area (Å²) in [5, 5.41) is 3.90. The van der Waals surface area contributed by atoms with Crippen molar-refractivity contribution in [1.29, 1.82) is 0 Å². The summed E-state index contributed by atoms with van der Waals surface area (Å²) in [7, 11) is 1.75. The van der Waals surface area contributed by atoms with Gasteiger partial charge in [-0.25, -0.2) is 0 Å². The molecule has 2 aromatic heterocycles. The number of likely N-dealkylation sites (N-methyl/N-ethyl adjacent to an activating group) is 1. The first-order valence-electron chi connectivity index (χ1n) is 7.62. The lowest BCUT2D eigenvalue weighted by atomic mass is 10.2. The summed E-state index contributed by atoms with van der Waals surface area (Å²) in [5.74, 6) is 0.679. The standard InChI is InChI=1S/C19H18N2O2S/c1-14-12-16(20-23-14)13-21(2)19(22)11-9-17-8-10-18(24-17)15-6-4-3-5-7-15/h3-12H,13H2,1-2H3/b11-9+. The van der Waals surface area contributed by atoms with Gasteiger partial charge in [0.15, 0.2) is 0 Å². The van der Waals surface area contributed by atoms with E-state index >= 15 is 0 Å². The Bertz CT molecular complexity index is 849. The Morgan fingerprint density at radius 1 is 1.25 bits per heavy atom. The third-order valence-electron chi connectivity index (χ3n) is 3.53. The van der Waals surface area contributed by atoms with Crippen molar-refractivity contribution in [1.82, 2.24) is 10.1 Å². The van der Waals surface area contributed by atoms with Crippen LogP contribution in [0.3, 0.4) is 0 Å². The fraction of sp³-hybridized carbons (Fsp3) is 0.158. The summed E-state index contributed by atoms with van der Waals surface area (Å²) in [6, 6.07) is 16.1. The monoisotopic (exact) mass is 338 g/mol. The van der Waals surface area contributed by atoms with Gasteiger partial charge in [0.05, 0.1) is 6.54 Å². The van der Waals surface area contributed by atoms with Crippen LogP contribution in [0.1, 0.15) is 16.3 Å². The molecule has 4 nitrogen and oxygen atoms in total. The molecule has 0 saturated carbocycles. The number of carbonyl (C=O) groups is 1. The second kappa shape index (κ2) is 7.27. The van der Waals surface area contributed by atoms with Gasteiger partial charge in [0, 0.05) is 28.9 Å². The normalized spacial score (nSPS) is 11.1. The largest absolute Gasteiger partial charge is 0.361 e. The fourth-order valence-corrected chi connectivity index (χ4v) is 3.21. The number of nitrogens with zero attached hydrogens (tertiary/aromatic N) is 2. The highest BCUT2D eigenvalue weighted by atomic mass is 32.1. The molecule has 0 aliphatic rings. The van der Waals surface area contributed by atoms with Crippen LogP contribution in [-0.2, 0) is 11.3 Å². The zero-order chi connectivity index (χ0) is 16.9. The minimum absolute atomic E-state index is 0.0645. The number of hydrogen-bond donors (Lipinski definition) is 0. The van der Waals surface area contributed by atoms with Crippen molar-refractivity contribution in [3.8, 4) is 10.4 Å². The number of amides is 1. The third kappa shape index (κ3) is 4.00. The number of hydrogen-bond acceptors (Lipinski definition) is 4. The Labute approximate surface area is 145 Å². The van der Waals surface area contributed by atoms with E-state index in [1.54, 1.807) is 29.4 Å². The molecule has 5 heteroatoms. The summed E-state index contributed by atoms with van der Waals surface area (Å²) in [4.78, 5) is 16.0. The molecule has 0 fully saturated rings. The van der Waals surface area contributed by atoms with Crippen molar-refractivity contribution in [3.63, 3.8) is 0 Å². The number of benzene rings is 1.